The van der Waals surface area contributed by atoms with E-state index in [1.165, 1.54) is 5.56 Å². The highest BCUT2D eigenvalue weighted by atomic mass is 19.4. The summed E-state index contributed by atoms with van der Waals surface area (Å²) in [5.41, 5.74) is 2.46. The Hall–Kier alpha value is -4.70. The summed E-state index contributed by atoms with van der Waals surface area (Å²) in [5, 5.41) is 14.2. The van der Waals surface area contributed by atoms with Crippen molar-refractivity contribution >= 4 is 17.8 Å². The fourth-order valence-electron chi connectivity index (χ4n) is 5.07. The minimum Gasteiger partial charge on any atom is -0.497 e. The second-order valence-electron chi connectivity index (χ2n) is 10.4. The molecule has 3 heterocycles. The molecule has 1 spiro atoms. The summed E-state index contributed by atoms with van der Waals surface area (Å²) >= 11 is 0. The minimum absolute atomic E-state index is 0.0729. The summed E-state index contributed by atoms with van der Waals surface area (Å²) in [6.07, 6.45) is -6.53. The lowest BCUT2D eigenvalue weighted by atomic mass is 9.83. The van der Waals surface area contributed by atoms with Crippen LogP contribution in [0.2, 0.25) is 0 Å². The number of aliphatic carboxylic acids is 2. The van der Waals surface area contributed by atoms with E-state index in [1.54, 1.807) is 13.3 Å². The van der Waals surface area contributed by atoms with Gasteiger partial charge in [-0.05, 0) is 34.9 Å². The molecule has 2 aliphatic rings. The van der Waals surface area contributed by atoms with Crippen LogP contribution in [0.15, 0.2) is 79.1 Å². The van der Waals surface area contributed by atoms with E-state index in [4.69, 9.17) is 29.3 Å². The van der Waals surface area contributed by atoms with Crippen LogP contribution in [0.5, 0.6) is 5.75 Å². The van der Waals surface area contributed by atoms with E-state index in [9.17, 15) is 31.1 Å². The van der Waals surface area contributed by atoms with Crippen molar-refractivity contribution in [2.75, 3.05) is 33.4 Å². The number of hydrogen-bond acceptors (Lipinski definition) is 7. The number of nitrogens with zero attached hydrogens (tertiary/aromatic N) is 3. The van der Waals surface area contributed by atoms with Gasteiger partial charge in [-0.25, -0.2) is 9.59 Å². The fourth-order valence-corrected chi connectivity index (χ4v) is 5.07. The largest absolute Gasteiger partial charge is 0.497 e. The van der Waals surface area contributed by atoms with Crippen molar-refractivity contribution in [1.82, 2.24) is 14.8 Å². The first-order valence-electron chi connectivity index (χ1n) is 13.9. The maximum atomic E-state index is 14.0. The fraction of sp³-hybridized carbons (Fsp3) is 0.355. The Labute approximate surface area is 265 Å². The molecule has 2 unspecified atom stereocenters. The molecule has 5 rings (SSSR count). The van der Waals surface area contributed by atoms with Crippen molar-refractivity contribution in [3.05, 3.63) is 95.8 Å². The van der Waals surface area contributed by atoms with E-state index < -0.39 is 29.9 Å². The summed E-state index contributed by atoms with van der Waals surface area (Å²) in [4.78, 5) is 40.4. The molecule has 10 nitrogen and oxygen atoms in total. The second-order valence-corrected chi connectivity index (χ2v) is 10.4. The van der Waals surface area contributed by atoms with E-state index in [2.05, 4.69) is 40.2 Å². The predicted octanol–water partition coefficient (Wildman–Crippen LogP) is 4.75. The number of morpholine rings is 1. The number of aromatic nitrogens is 1. The molecule has 2 atom stereocenters. The van der Waals surface area contributed by atoms with Crippen molar-refractivity contribution in [2.45, 2.75) is 37.0 Å². The van der Waals surface area contributed by atoms with Crippen LogP contribution in [0.4, 0.5) is 26.3 Å². The molecule has 0 radical (unpaired) electrons. The topological polar surface area (TPSA) is 130 Å². The number of ether oxygens (including phenoxy) is 2. The van der Waals surface area contributed by atoms with Gasteiger partial charge in [-0.15, -0.1) is 0 Å². The van der Waals surface area contributed by atoms with Crippen molar-refractivity contribution in [3.63, 3.8) is 0 Å². The summed E-state index contributed by atoms with van der Waals surface area (Å²) in [5.74, 6) is -4.67. The molecule has 1 aromatic heterocycles. The summed E-state index contributed by atoms with van der Waals surface area (Å²) in [6, 6.07) is 22.3. The number of carbonyl (C=O) groups excluding carboxylic acids is 1. The lowest BCUT2D eigenvalue weighted by molar-refractivity contribution is -0.193. The number of carbonyl (C=O) groups is 3. The monoisotopic (exact) mass is 671 g/mol. The van der Waals surface area contributed by atoms with Gasteiger partial charge < -0.3 is 24.6 Å². The molecule has 16 heteroatoms. The molecule has 1 amide bonds. The quantitative estimate of drug-likeness (QED) is 0.357. The van der Waals surface area contributed by atoms with Crippen LogP contribution in [0.25, 0.3) is 0 Å². The van der Waals surface area contributed by atoms with Crippen LogP contribution in [0, 0.1) is 0 Å². The minimum atomic E-state index is -5.08. The number of methoxy groups -OCH3 is 1. The molecule has 0 aliphatic carbocycles. The molecule has 254 valence electrons. The molecule has 2 N–H and O–H groups in total. The van der Waals surface area contributed by atoms with Gasteiger partial charge >= 0.3 is 24.3 Å². The number of carboxylic acid groups (broad SMARTS) is 2. The average molecular weight is 672 g/mol. The van der Waals surface area contributed by atoms with Crippen LogP contribution in [-0.4, -0.2) is 94.1 Å². The third-order valence-corrected chi connectivity index (χ3v) is 7.19. The molecule has 2 aliphatic heterocycles. The Morgan fingerprint density at radius 1 is 0.915 bits per heavy atom. The van der Waals surface area contributed by atoms with Crippen molar-refractivity contribution in [2.24, 2.45) is 0 Å². The maximum Gasteiger partial charge on any atom is 0.490 e. The summed E-state index contributed by atoms with van der Waals surface area (Å²) in [6.45, 7) is 3.78. The smallest absolute Gasteiger partial charge is 0.490 e. The SMILES string of the molecule is COc1ccc(CN2CC(c3cccnc3)C3(C2)OCCN(Cc2ccccc2)C3=O)cc1.O=C(O)C(F)(F)F.O=C(O)C(F)(F)F. The average Bonchev–Trinajstić information content (AvgIpc) is 3.39. The van der Waals surface area contributed by atoms with Crippen LogP contribution in [0.3, 0.4) is 0 Å². The van der Waals surface area contributed by atoms with Gasteiger partial charge in [-0.2, -0.15) is 26.3 Å². The van der Waals surface area contributed by atoms with E-state index in [0.717, 1.165) is 30.0 Å². The first-order chi connectivity index (χ1) is 22.1. The molecule has 2 aromatic carbocycles. The highest BCUT2D eigenvalue weighted by Gasteiger charge is 2.57. The third kappa shape index (κ3) is 10.1. The first kappa shape index (κ1) is 36.8. The van der Waals surface area contributed by atoms with Crippen LogP contribution in [0.1, 0.15) is 22.6 Å². The van der Waals surface area contributed by atoms with Gasteiger partial charge in [0, 0.05) is 51.0 Å². The maximum absolute atomic E-state index is 14.0. The molecule has 0 saturated carbocycles. The zero-order chi connectivity index (χ0) is 34.8. The Morgan fingerprint density at radius 3 is 2.00 bits per heavy atom. The number of amides is 1. The van der Waals surface area contributed by atoms with Gasteiger partial charge in [-0.3, -0.25) is 14.7 Å². The van der Waals surface area contributed by atoms with Gasteiger partial charge in [0.1, 0.15) is 5.75 Å². The molecule has 0 bridgehead atoms. The van der Waals surface area contributed by atoms with Gasteiger partial charge in [0.2, 0.25) is 0 Å². The number of halogens is 6. The normalized spacial score (nSPS) is 19.7. The number of rotatable bonds is 6. The Balaban J connectivity index is 0.000000360. The van der Waals surface area contributed by atoms with Gasteiger partial charge in [0.25, 0.3) is 5.91 Å². The lowest BCUT2D eigenvalue weighted by Gasteiger charge is -2.42. The molecule has 3 aromatic rings. The summed E-state index contributed by atoms with van der Waals surface area (Å²) in [7, 11) is 1.67. The lowest BCUT2D eigenvalue weighted by Crippen LogP contribution is -2.59. The second kappa shape index (κ2) is 15.7. The zero-order valence-corrected chi connectivity index (χ0v) is 24.9. The third-order valence-electron chi connectivity index (χ3n) is 7.19. The molecule has 47 heavy (non-hydrogen) atoms. The van der Waals surface area contributed by atoms with E-state index >= 15 is 0 Å². The van der Waals surface area contributed by atoms with Gasteiger partial charge in [-0.1, -0.05) is 48.5 Å². The van der Waals surface area contributed by atoms with Crippen LogP contribution in [-0.2, 0) is 32.2 Å². The van der Waals surface area contributed by atoms with Crippen LogP contribution >= 0.6 is 0 Å². The van der Waals surface area contributed by atoms with E-state index in [1.807, 2.05) is 47.5 Å². The summed E-state index contributed by atoms with van der Waals surface area (Å²) < 4.78 is 75.2. The van der Waals surface area contributed by atoms with E-state index in [0.29, 0.717) is 26.2 Å². The van der Waals surface area contributed by atoms with Crippen LogP contribution < -0.4 is 4.74 Å². The van der Waals surface area contributed by atoms with Gasteiger partial charge in [0.15, 0.2) is 5.60 Å². The van der Waals surface area contributed by atoms with Gasteiger partial charge in [0.05, 0.1) is 13.7 Å². The van der Waals surface area contributed by atoms with Crippen molar-refractivity contribution in [1.29, 1.82) is 0 Å². The molecular weight excluding hydrogens is 640 g/mol. The zero-order valence-electron chi connectivity index (χ0n) is 24.9. The van der Waals surface area contributed by atoms with Crippen molar-refractivity contribution < 1.29 is 60.4 Å². The highest BCUT2D eigenvalue weighted by Crippen LogP contribution is 2.42. The Morgan fingerprint density at radius 2 is 1.49 bits per heavy atom. The Bertz CT molecular complexity index is 1450. The Kier molecular flexibility index (Phi) is 12.3. The molecular formula is C31H31F6N3O7. The first-order valence-corrected chi connectivity index (χ1v) is 13.9. The number of pyridine rings is 1. The van der Waals surface area contributed by atoms with Crippen molar-refractivity contribution in [3.8, 4) is 5.75 Å². The molecule has 2 fully saturated rings. The van der Waals surface area contributed by atoms with E-state index in [-0.39, 0.29) is 11.8 Å². The molecule has 2 saturated heterocycles. The predicted molar refractivity (Wildman–Crippen MR) is 153 cm³/mol. The number of carboxylic acids is 2. The number of hydrogen-bond donors (Lipinski definition) is 2. The standard InChI is InChI=1S/C27H29N3O3.2C2HF3O2/c1-32-24-11-9-22(10-12-24)17-29-19-25(23-8-5-13-28-16-23)27(20-29)26(31)30(14-15-33-27)18-21-6-3-2-4-7-21;2*3-2(4,5)1(6)7/h2-13,16,25H,14-15,17-20H2,1H3;2*(H,6,7). The highest BCUT2D eigenvalue weighted by molar-refractivity contribution is 5.88. The number of benzene rings is 2. The number of alkyl halides is 6. The number of likely N-dealkylation sites (tertiary alicyclic amines) is 1.